The summed E-state index contributed by atoms with van der Waals surface area (Å²) in [7, 11) is 0. The van der Waals surface area contributed by atoms with Gasteiger partial charge in [0.15, 0.2) is 0 Å². The number of benzene rings is 1. The fraction of sp³-hybridized carbons (Fsp3) is 0.286. The highest BCUT2D eigenvalue weighted by atomic mass is 16.1. The summed E-state index contributed by atoms with van der Waals surface area (Å²) in [6, 6.07) is 7.52. The van der Waals surface area contributed by atoms with Gasteiger partial charge in [0.2, 0.25) is 5.91 Å². The van der Waals surface area contributed by atoms with Gasteiger partial charge >= 0.3 is 0 Å². The third-order valence-electron chi connectivity index (χ3n) is 3.21. The van der Waals surface area contributed by atoms with Gasteiger partial charge in [-0.05, 0) is 38.1 Å². The Kier molecular flexibility index (Phi) is 3.29. The molecule has 2 rings (SSSR count). The lowest BCUT2D eigenvalue weighted by Crippen LogP contribution is -2.37. The smallest absolute Gasteiger partial charge is 0.224 e. The minimum Gasteiger partial charge on any atom is -0.397 e. The number of amides is 1. The van der Waals surface area contributed by atoms with E-state index in [4.69, 9.17) is 11.5 Å². The summed E-state index contributed by atoms with van der Waals surface area (Å²) in [4.78, 5) is 15.5. The zero-order chi connectivity index (χ0) is 14.0. The Morgan fingerprint density at radius 2 is 2.11 bits per heavy atom. The van der Waals surface area contributed by atoms with Crippen molar-refractivity contribution in [2.75, 3.05) is 17.6 Å². The van der Waals surface area contributed by atoms with Gasteiger partial charge in [0.1, 0.15) is 0 Å². The number of hydrogen-bond acceptors (Lipinski definition) is 4. The average Bonchev–Trinajstić information content (AvgIpc) is 2.38. The van der Waals surface area contributed by atoms with Crippen LogP contribution in [0.15, 0.2) is 30.5 Å². The highest BCUT2D eigenvalue weighted by Gasteiger charge is 2.24. The largest absolute Gasteiger partial charge is 0.397 e. The van der Waals surface area contributed by atoms with E-state index in [2.05, 4.69) is 10.3 Å². The highest BCUT2D eigenvalue weighted by Crippen LogP contribution is 2.28. The minimum atomic E-state index is -0.629. The van der Waals surface area contributed by atoms with Gasteiger partial charge in [-0.2, -0.15) is 0 Å². The molecule has 0 atom stereocenters. The van der Waals surface area contributed by atoms with Crippen LogP contribution in [0, 0.1) is 5.41 Å². The Bertz CT molecular complexity index is 622. The number of anilines is 2. The van der Waals surface area contributed by atoms with E-state index >= 15 is 0 Å². The number of nitrogens with one attached hydrogen (secondary N) is 1. The van der Waals surface area contributed by atoms with Crippen molar-refractivity contribution in [2.24, 2.45) is 11.1 Å². The summed E-state index contributed by atoms with van der Waals surface area (Å²) >= 11 is 0. The van der Waals surface area contributed by atoms with Crippen molar-refractivity contribution in [3.8, 4) is 0 Å². The van der Waals surface area contributed by atoms with Crippen molar-refractivity contribution >= 4 is 28.2 Å². The topological polar surface area (TPSA) is 94.0 Å². The predicted octanol–water partition coefficient (Wildman–Crippen LogP) is 1.74. The lowest BCUT2D eigenvalue weighted by Gasteiger charge is -2.22. The Labute approximate surface area is 112 Å². The fourth-order valence-corrected chi connectivity index (χ4v) is 1.73. The summed E-state index contributed by atoms with van der Waals surface area (Å²) in [6.07, 6.45) is 1.73. The molecule has 0 unspecified atom stereocenters. The number of nitrogens with zero attached hydrogens (tertiary/aromatic N) is 1. The van der Waals surface area contributed by atoms with Gasteiger partial charge in [-0.3, -0.25) is 9.78 Å². The summed E-state index contributed by atoms with van der Waals surface area (Å²) in [5.41, 5.74) is 13.1. The standard InChI is InChI=1S/C14H18N4O/c1-14(2,13(16)19)8-18-11-6-5-10-9(12(11)15)4-3-7-17-10/h3-7,18H,8,15H2,1-2H3,(H2,16,19). The molecule has 5 N–H and O–H groups in total. The fourth-order valence-electron chi connectivity index (χ4n) is 1.73. The van der Waals surface area contributed by atoms with Gasteiger partial charge in [-0.1, -0.05) is 0 Å². The molecule has 0 bridgehead atoms. The third kappa shape index (κ3) is 2.59. The van der Waals surface area contributed by atoms with Crippen LogP contribution >= 0.6 is 0 Å². The number of nitrogens with two attached hydrogens (primary N) is 2. The van der Waals surface area contributed by atoms with E-state index in [9.17, 15) is 4.79 Å². The lowest BCUT2D eigenvalue weighted by atomic mass is 9.92. The second-order valence-corrected chi connectivity index (χ2v) is 5.20. The molecule has 0 radical (unpaired) electrons. The monoisotopic (exact) mass is 258 g/mol. The van der Waals surface area contributed by atoms with Crippen LogP contribution in [0.3, 0.4) is 0 Å². The quantitative estimate of drug-likeness (QED) is 0.728. The first-order valence-electron chi connectivity index (χ1n) is 6.09. The van der Waals surface area contributed by atoms with E-state index in [0.717, 1.165) is 16.6 Å². The number of carbonyl (C=O) groups excluding carboxylic acids is 1. The van der Waals surface area contributed by atoms with Crippen molar-refractivity contribution in [1.29, 1.82) is 0 Å². The average molecular weight is 258 g/mol. The van der Waals surface area contributed by atoms with Crippen LogP contribution < -0.4 is 16.8 Å². The number of hydrogen-bond donors (Lipinski definition) is 3. The molecule has 100 valence electrons. The molecule has 0 saturated heterocycles. The predicted molar refractivity (Wildman–Crippen MR) is 77.6 cm³/mol. The number of fused-ring (bicyclic) bond motifs is 1. The Morgan fingerprint density at radius 3 is 2.79 bits per heavy atom. The van der Waals surface area contributed by atoms with Crippen LogP contribution in [0.25, 0.3) is 10.9 Å². The van der Waals surface area contributed by atoms with Gasteiger partial charge in [-0.15, -0.1) is 0 Å². The van der Waals surface area contributed by atoms with Gasteiger partial charge in [-0.25, -0.2) is 0 Å². The van der Waals surface area contributed by atoms with Gasteiger partial charge in [0.05, 0.1) is 22.3 Å². The van der Waals surface area contributed by atoms with Crippen molar-refractivity contribution < 1.29 is 4.79 Å². The summed E-state index contributed by atoms with van der Waals surface area (Å²) in [5.74, 6) is -0.346. The molecule has 2 aromatic rings. The molecule has 19 heavy (non-hydrogen) atoms. The number of aromatic nitrogens is 1. The summed E-state index contributed by atoms with van der Waals surface area (Å²) in [6.45, 7) is 4.01. The maximum atomic E-state index is 11.3. The van der Waals surface area contributed by atoms with Crippen LogP contribution in [0.1, 0.15) is 13.8 Å². The number of pyridine rings is 1. The van der Waals surface area contributed by atoms with Gasteiger partial charge in [0, 0.05) is 18.1 Å². The van der Waals surface area contributed by atoms with E-state index in [-0.39, 0.29) is 5.91 Å². The molecule has 0 saturated carbocycles. The molecule has 0 aliphatic heterocycles. The molecule has 0 fully saturated rings. The molecule has 1 amide bonds. The zero-order valence-electron chi connectivity index (χ0n) is 11.1. The zero-order valence-corrected chi connectivity index (χ0v) is 11.1. The van der Waals surface area contributed by atoms with Crippen LogP contribution in [0.4, 0.5) is 11.4 Å². The minimum absolute atomic E-state index is 0.346. The van der Waals surface area contributed by atoms with Crippen LogP contribution in [-0.4, -0.2) is 17.4 Å². The second kappa shape index (κ2) is 4.76. The first kappa shape index (κ1) is 13.1. The van der Waals surface area contributed by atoms with E-state index in [1.807, 2.05) is 24.3 Å². The Morgan fingerprint density at radius 1 is 1.37 bits per heavy atom. The normalized spacial score (nSPS) is 11.5. The highest BCUT2D eigenvalue weighted by molar-refractivity contribution is 5.96. The Hall–Kier alpha value is -2.30. The second-order valence-electron chi connectivity index (χ2n) is 5.20. The van der Waals surface area contributed by atoms with E-state index < -0.39 is 5.41 Å². The SMILES string of the molecule is CC(C)(CNc1ccc2ncccc2c1N)C(N)=O. The molecule has 0 spiro atoms. The molecule has 1 aromatic heterocycles. The van der Waals surface area contributed by atoms with Crippen molar-refractivity contribution in [2.45, 2.75) is 13.8 Å². The first-order valence-corrected chi connectivity index (χ1v) is 6.09. The van der Waals surface area contributed by atoms with Gasteiger partial charge < -0.3 is 16.8 Å². The van der Waals surface area contributed by atoms with E-state index in [1.54, 1.807) is 20.0 Å². The number of rotatable bonds is 4. The van der Waals surface area contributed by atoms with Crippen LogP contribution in [0.5, 0.6) is 0 Å². The maximum Gasteiger partial charge on any atom is 0.224 e. The van der Waals surface area contributed by atoms with Gasteiger partial charge in [0.25, 0.3) is 0 Å². The molecular formula is C14H18N4O. The van der Waals surface area contributed by atoms with E-state index in [1.165, 1.54) is 0 Å². The van der Waals surface area contributed by atoms with E-state index in [0.29, 0.717) is 12.2 Å². The van der Waals surface area contributed by atoms with Crippen LogP contribution in [-0.2, 0) is 4.79 Å². The van der Waals surface area contributed by atoms with Crippen molar-refractivity contribution in [1.82, 2.24) is 4.98 Å². The number of carbonyl (C=O) groups is 1. The van der Waals surface area contributed by atoms with Crippen molar-refractivity contribution in [3.63, 3.8) is 0 Å². The molecule has 0 aliphatic carbocycles. The summed E-state index contributed by atoms with van der Waals surface area (Å²) < 4.78 is 0. The molecule has 1 aromatic carbocycles. The van der Waals surface area contributed by atoms with Crippen molar-refractivity contribution in [3.05, 3.63) is 30.5 Å². The molecular weight excluding hydrogens is 240 g/mol. The number of nitrogen functional groups attached to an aromatic ring is 1. The number of primary amides is 1. The lowest BCUT2D eigenvalue weighted by molar-refractivity contribution is -0.125. The third-order valence-corrected chi connectivity index (χ3v) is 3.21. The molecule has 1 heterocycles. The molecule has 0 aliphatic rings. The summed E-state index contributed by atoms with van der Waals surface area (Å²) in [5, 5.41) is 4.07. The van der Waals surface area contributed by atoms with Crippen LogP contribution in [0.2, 0.25) is 0 Å². The molecule has 5 nitrogen and oxygen atoms in total. The first-order chi connectivity index (χ1) is 8.92. The molecule has 5 heteroatoms. The maximum absolute atomic E-state index is 11.3. The Balaban J connectivity index is 2.27.